The average molecular weight is 332 g/mol. The van der Waals surface area contributed by atoms with Gasteiger partial charge >= 0.3 is 0 Å². The largest absolute Gasteiger partial charge is 0.495 e. The molecule has 1 saturated heterocycles. The zero-order valence-electron chi connectivity index (χ0n) is 12.1. The van der Waals surface area contributed by atoms with Gasteiger partial charge in [0, 0.05) is 12.1 Å². The van der Waals surface area contributed by atoms with Gasteiger partial charge in [-0.25, -0.2) is 13.1 Å². The SMILES string of the molecule is COc1cc(OC)c(S(=O)(=O)NC2CCSCC2)cc1N. The third kappa shape index (κ3) is 3.75. The molecule has 0 unspecified atom stereocenters. The van der Waals surface area contributed by atoms with E-state index in [9.17, 15) is 8.42 Å². The third-order valence-electron chi connectivity index (χ3n) is 3.35. The summed E-state index contributed by atoms with van der Waals surface area (Å²) in [6.07, 6.45) is 1.66. The molecule has 0 radical (unpaired) electrons. The van der Waals surface area contributed by atoms with Crippen molar-refractivity contribution in [2.45, 2.75) is 23.8 Å². The van der Waals surface area contributed by atoms with Crippen LogP contribution in [-0.2, 0) is 10.0 Å². The van der Waals surface area contributed by atoms with Crippen molar-refractivity contribution in [1.29, 1.82) is 0 Å². The van der Waals surface area contributed by atoms with E-state index in [4.69, 9.17) is 15.2 Å². The predicted molar refractivity (Wildman–Crippen MR) is 84.6 cm³/mol. The minimum atomic E-state index is -3.67. The molecule has 0 spiro atoms. The van der Waals surface area contributed by atoms with Gasteiger partial charge in [0.1, 0.15) is 16.4 Å². The van der Waals surface area contributed by atoms with E-state index in [0.29, 0.717) is 5.75 Å². The summed E-state index contributed by atoms with van der Waals surface area (Å²) in [4.78, 5) is 0.0431. The van der Waals surface area contributed by atoms with E-state index in [2.05, 4.69) is 4.72 Å². The lowest BCUT2D eigenvalue weighted by atomic mass is 10.2. The van der Waals surface area contributed by atoms with Gasteiger partial charge in [-0.05, 0) is 30.4 Å². The van der Waals surface area contributed by atoms with E-state index in [0.717, 1.165) is 24.3 Å². The number of nitrogens with one attached hydrogen (secondary N) is 1. The lowest BCUT2D eigenvalue weighted by molar-refractivity contribution is 0.387. The molecule has 1 fully saturated rings. The van der Waals surface area contributed by atoms with Crippen molar-refractivity contribution in [3.63, 3.8) is 0 Å². The number of benzene rings is 1. The molecule has 0 saturated carbocycles. The highest BCUT2D eigenvalue weighted by Gasteiger charge is 2.26. The van der Waals surface area contributed by atoms with Crippen LogP contribution in [0.4, 0.5) is 5.69 Å². The third-order valence-corrected chi connectivity index (χ3v) is 5.94. The Kier molecular flexibility index (Phi) is 5.23. The van der Waals surface area contributed by atoms with Crippen LogP contribution >= 0.6 is 11.8 Å². The van der Waals surface area contributed by atoms with Crippen LogP contribution in [0.1, 0.15) is 12.8 Å². The van der Waals surface area contributed by atoms with Gasteiger partial charge in [0.15, 0.2) is 0 Å². The summed E-state index contributed by atoms with van der Waals surface area (Å²) in [6.45, 7) is 0. The number of nitrogens with two attached hydrogens (primary N) is 1. The first-order valence-electron chi connectivity index (χ1n) is 6.59. The lowest BCUT2D eigenvalue weighted by Crippen LogP contribution is -2.37. The Hall–Kier alpha value is -1.12. The molecule has 0 bridgehead atoms. The standard InChI is InChI=1S/C13H20N2O4S2/c1-18-11-8-12(19-2)13(7-10(11)14)21(16,17)15-9-3-5-20-6-4-9/h7-9,15H,3-6,14H2,1-2H3. The quantitative estimate of drug-likeness (QED) is 0.793. The van der Waals surface area contributed by atoms with Gasteiger partial charge in [-0.2, -0.15) is 11.8 Å². The van der Waals surface area contributed by atoms with Crippen LogP contribution in [0.2, 0.25) is 0 Å². The minimum Gasteiger partial charge on any atom is -0.495 e. The zero-order valence-corrected chi connectivity index (χ0v) is 13.7. The first-order chi connectivity index (χ1) is 9.97. The second-order valence-electron chi connectivity index (χ2n) is 4.75. The van der Waals surface area contributed by atoms with Gasteiger partial charge in [0.05, 0.1) is 19.9 Å². The fourth-order valence-corrected chi connectivity index (χ4v) is 4.80. The monoisotopic (exact) mass is 332 g/mol. The summed E-state index contributed by atoms with van der Waals surface area (Å²) in [5.41, 5.74) is 6.07. The highest BCUT2D eigenvalue weighted by molar-refractivity contribution is 7.99. The lowest BCUT2D eigenvalue weighted by Gasteiger charge is -2.23. The van der Waals surface area contributed by atoms with Crippen molar-refractivity contribution < 1.29 is 17.9 Å². The van der Waals surface area contributed by atoms with Crippen molar-refractivity contribution in [3.8, 4) is 11.5 Å². The van der Waals surface area contributed by atoms with Crippen LogP contribution in [0.5, 0.6) is 11.5 Å². The number of methoxy groups -OCH3 is 2. The van der Waals surface area contributed by atoms with E-state index >= 15 is 0 Å². The zero-order chi connectivity index (χ0) is 15.5. The van der Waals surface area contributed by atoms with Crippen LogP contribution < -0.4 is 19.9 Å². The molecule has 1 aromatic rings. The Morgan fingerprint density at radius 1 is 1.19 bits per heavy atom. The molecule has 0 aromatic heterocycles. The van der Waals surface area contributed by atoms with E-state index in [1.54, 1.807) is 0 Å². The molecule has 8 heteroatoms. The molecule has 1 aromatic carbocycles. The summed E-state index contributed by atoms with van der Waals surface area (Å²) >= 11 is 1.84. The van der Waals surface area contributed by atoms with Crippen molar-refractivity contribution in [3.05, 3.63) is 12.1 Å². The van der Waals surface area contributed by atoms with Crippen molar-refractivity contribution in [1.82, 2.24) is 4.72 Å². The number of hydrogen-bond donors (Lipinski definition) is 2. The molecule has 0 amide bonds. The Balaban J connectivity index is 2.32. The smallest absolute Gasteiger partial charge is 0.244 e. The number of hydrogen-bond acceptors (Lipinski definition) is 6. The number of anilines is 1. The van der Waals surface area contributed by atoms with Crippen LogP contribution in [0.3, 0.4) is 0 Å². The van der Waals surface area contributed by atoms with E-state index in [-0.39, 0.29) is 22.4 Å². The molecule has 3 N–H and O–H groups in total. The summed E-state index contributed by atoms with van der Waals surface area (Å²) in [6, 6.07) is 2.82. The minimum absolute atomic E-state index is 0.0377. The van der Waals surface area contributed by atoms with Crippen molar-refractivity contribution in [2.75, 3.05) is 31.5 Å². The van der Waals surface area contributed by atoms with Gasteiger partial charge < -0.3 is 15.2 Å². The average Bonchev–Trinajstić information content (AvgIpc) is 2.47. The van der Waals surface area contributed by atoms with Crippen molar-refractivity contribution >= 4 is 27.5 Å². The summed E-state index contributed by atoms with van der Waals surface area (Å²) in [7, 11) is -0.783. The second kappa shape index (κ2) is 6.76. The summed E-state index contributed by atoms with van der Waals surface area (Å²) in [5, 5.41) is 0. The molecule has 1 aliphatic heterocycles. The Morgan fingerprint density at radius 3 is 2.38 bits per heavy atom. The molecular weight excluding hydrogens is 312 g/mol. The van der Waals surface area contributed by atoms with Crippen LogP contribution in [-0.4, -0.2) is 40.2 Å². The van der Waals surface area contributed by atoms with Crippen LogP contribution in [0.15, 0.2) is 17.0 Å². The molecule has 1 heterocycles. The Labute approximate surface area is 129 Å². The normalized spacial score (nSPS) is 16.7. The Bertz CT molecular complexity index is 598. The molecule has 21 heavy (non-hydrogen) atoms. The summed E-state index contributed by atoms with van der Waals surface area (Å²) in [5.74, 6) is 2.54. The molecule has 6 nitrogen and oxygen atoms in total. The van der Waals surface area contributed by atoms with E-state index in [1.165, 1.54) is 26.4 Å². The van der Waals surface area contributed by atoms with Gasteiger partial charge in [-0.15, -0.1) is 0 Å². The maximum atomic E-state index is 12.5. The Morgan fingerprint density at radius 2 is 1.81 bits per heavy atom. The fraction of sp³-hybridized carbons (Fsp3) is 0.538. The molecule has 0 aliphatic carbocycles. The van der Waals surface area contributed by atoms with Gasteiger partial charge in [0.25, 0.3) is 0 Å². The van der Waals surface area contributed by atoms with E-state index < -0.39 is 10.0 Å². The van der Waals surface area contributed by atoms with Gasteiger partial charge in [-0.1, -0.05) is 0 Å². The fourth-order valence-electron chi connectivity index (χ4n) is 2.20. The highest BCUT2D eigenvalue weighted by atomic mass is 32.2. The molecule has 1 aliphatic rings. The van der Waals surface area contributed by atoms with Crippen LogP contribution in [0, 0.1) is 0 Å². The number of thioether (sulfide) groups is 1. The number of rotatable bonds is 5. The first kappa shape index (κ1) is 16.3. The topological polar surface area (TPSA) is 90.6 Å². The predicted octanol–water partition coefficient (Wildman–Crippen LogP) is 1.46. The van der Waals surface area contributed by atoms with Crippen molar-refractivity contribution in [2.24, 2.45) is 0 Å². The van der Waals surface area contributed by atoms with Gasteiger partial charge in [0.2, 0.25) is 10.0 Å². The van der Waals surface area contributed by atoms with Crippen LogP contribution in [0.25, 0.3) is 0 Å². The van der Waals surface area contributed by atoms with E-state index in [1.807, 2.05) is 11.8 Å². The molecule has 0 atom stereocenters. The molecular formula is C13H20N2O4S2. The number of nitrogen functional groups attached to an aromatic ring is 1. The summed E-state index contributed by atoms with van der Waals surface area (Å²) < 4.78 is 38.1. The highest BCUT2D eigenvalue weighted by Crippen LogP contribution is 2.34. The maximum Gasteiger partial charge on any atom is 0.244 e. The molecule has 118 valence electrons. The van der Waals surface area contributed by atoms with Gasteiger partial charge in [-0.3, -0.25) is 0 Å². The number of sulfonamides is 1. The second-order valence-corrected chi connectivity index (χ2v) is 7.66. The first-order valence-corrected chi connectivity index (χ1v) is 9.23. The maximum absolute atomic E-state index is 12.5. The number of ether oxygens (including phenoxy) is 2. The molecule has 2 rings (SSSR count).